The van der Waals surface area contributed by atoms with Crippen molar-refractivity contribution in [1.29, 1.82) is 5.26 Å². The molecule has 0 amide bonds. The van der Waals surface area contributed by atoms with Gasteiger partial charge < -0.3 is 4.90 Å². The first-order valence-corrected chi connectivity index (χ1v) is 8.08. The molecular weight excluding hydrogens is 244 g/mol. The lowest BCUT2D eigenvalue weighted by atomic mass is 9.91. The summed E-state index contributed by atoms with van der Waals surface area (Å²) in [5.74, 6) is 0.932. The Labute approximate surface area is 123 Å². The van der Waals surface area contributed by atoms with Crippen LogP contribution in [0.25, 0.3) is 0 Å². The van der Waals surface area contributed by atoms with Crippen molar-refractivity contribution in [1.82, 2.24) is 0 Å². The van der Waals surface area contributed by atoms with E-state index in [-0.39, 0.29) is 0 Å². The van der Waals surface area contributed by atoms with Crippen molar-refractivity contribution in [3.63, 3.8) is 0 Å². The van der Waals surface area contributed by atoms with Crippen LogP contribution < -0.4 is 4.90 Å². The molecule has 0 saturated carbocycles. The maximum absolute atomic E-state index is 8.83. The molecule has 108 valence electrons. The second kappa shape index (κ2) is 7.94. The van der Waals surface area contributed by atoms with Crippen LogP contribution in [0.2, 0.25) is 0 Å². The first-order valence-electron chi connectivity index (χ1n) is 8.08. The fourth-order valence-corrected chi connectivity index (χ4v) is 3.09. The van der Waals surface area contributed by atoms with Gasteiger partial charge in [-0.1, -0.05) is 39.0 Å². The number of piperidine rings is 1. The first kappa shape index (κ1) is 14.9. The van der Waals surface area contributed by atoms with Gasteiger partial charge in [0, 0.05) is 18.8 Å². The van der Waals surface area contributed by atoms with E-state index in [9.17, 15) is 0 Å². The summed E-state index contributed by atoms with van der Waals surface area (Å²) in [6.07, 6.45) is 9.61. The standard InChI is InChI=1S/C18H26N2/c1-2-3-4-5-6-16-11-13-20(14-12-16)18-9-7-17(15-19)8-10-18/h7-10,16H,2-6,11-14H2,1H3. The first-order chi connectivity index (χ1) is 9.83. The molecule has 1 aliphatic rings. The Bertz CT molecular complexity index is 422. The van der Waals surface area contributed by atoms with Crippen molar-refractivity contribution < 1.29 is 0 Å². The molecular formula is C18H26N2. The lowest BCUT2D eigenvalue weighted by molar-refractivity contribution is 0.367. The van der Waals surface area contributed by atoms with Crippen LogP contribution in [0.3, 0.4) is 0 Å². The van der Waals surface area contributed by atoms with E-state index in [1.54, 1.807) is 0 Å². The van der Waals surface area contributed by atoms with Gasteiger partial charge in [0.25, 0.3) is 0 Å². The number of anilines is 1. The highest BCUT2D eigenvalue weighted by Gasteiger charge is 2.18. The van der Waals surface area contributed by atoms with Crippen LogP contribution in [-0.2, 0) is 0 Å². The SMILES string of the molecule is CCCCCCC1CCN(c2ccc(C#N)cc2)CC1. The largest absolute Gasteiger partial charge is 0.372 e. The summed E-state index contributed by atoms with van der Waals surface area (Å²) in [5, 5.41) is 8.83. The van der Waals surface area contributed by atoms with Crippen LogP contribution in [-0.4, -0.2) is 13.1 Å². The number of benzene rings is 1. The number of nitrogens with zero attached hydrogens (tertiary/aromatic N) is 2. The summed E-state index contributed by atoms with van der Waals surface area (Å²) in [5.41, 5.74) is 2.02. The molecule has 1 aliphatic heterocycles. The van der Waals surface area contributed by atoms with E-state index in [2.05, 4.69) is 30.0 Å². The summed E-state index contributed by atoms with van der Waals surface area (Å²) in [6.45, 7) is 4.62. The van der Waals surface area contributed by atoms with Crippen LogP contribution in [0.15, 0.2) is 24.3 Å². The van der Waals surface area contributed by atoms with Crippen LogP contribution >= 0.6 is 0 Å². The summed E-state index contributed by atoms with van der Waals surface area (Å²) >= 11 is 0. The van der Waals surface area contributed by atoms with Crippen molar-refractivity contribution in [2.75, 3.05) is 18.0 Å². The molecule has 1 saturated heterocycles. The maximum Gasteiger partial charge on any atom is 0.0991 e. The van der Waals surface area contributed by atoms with E-state index < -0.39 is 0 Å². The topological polar surface area (TPSA) is 27.0 Å². The third-order valence-corrected chi connectivity index (χ3v) is 4.44. The van der Waals surface area contributed by atoms with Gasteiger partial charge in [-0.15, -0.1) is 0 Å². The smallest absolute Gasteiger partial charge is 0.0991 e. The average Bonchev–Trinajstić information content (AvgIpc) is 2.52. The highest BCUT2D eigenvalue weighted by molar-refractivity contribution is 5.49. The Kier molecular flexibility index (Phi) is 5.92. The molecule has 1 heterocycles. The quantitative estimate of drug-likeness (QED) is 0.698. The average molecular weight is 270 g/mol. The van der Waals surface area contributed by atoms with E-state index >= 15 is 0 Å². The lowest BCUT2D eigenvalue weighted by Gasteiger charge is -2.33. The van der Waals surface area contributed by atoms with Gasteiger partial charge in [-0.05, 0) is 43.0 Å². The molecule has 0 bridgehead atoms. The highest BCUT2D eigenvalue weighted by atomic mass is 15.1. The van der Waals surface area contributed by atoms with Gasteiger partial charge in [0.05, 0.1) is 11.6 Å². The molecule has 0 atom stereocenters. The van der Waals surface area contributed by atoms with Crippen molar-refractivity contribution in [2.45, 2.75) is 51.9 Å². The predicted molar refractivity (Wildman–Crippen MR) is 84.9 cm³/mol. The molecule has 0 N–H and O–H groups in total. The third kappa shape index (κ3) is 4.27. The van der Waals surface area contributed by atoms with Gasteiger partial charge >= 0.3 is 0 Å². The Morgan fingerprint density at radius 1 is 1.10 bits per heavy atom. The van der Waals surface area contributed by atoms with Gasteiger partial charge in [0.1, 0.15) is 0 Å². The molecule has 2 rings (SSSR count). The van der Waals surface area contributed by atoms with Crippen LogP contribution in [0.4, 0.5) is 5.69 Å². The molecule has 1 fully saturated rings. The monoisotopic (exact) mass is 270 g/mol. The second-order valence-electron chi connectivity index (χ2n) is 5.94. The summed E-state index contributed by atoms with van der Waals surface area (Å²) in [6, 6.07) is 10.2. The normalized spacial score (nSPS) is 16.1. The molecule has 2 heteroatoms. The molecule has 0 spiro atoms. The lowest BCUT2D eigenvalue weighted by Crippen LogP contribution is -2.33. The van der Waals surface area contributed by atoms with Crippen molar-refractivity contribution in [2.24, 2.45) is 5.92 Å². The minimum absolute atomic E-state index is 0.750. The molecule has 20 heavy (non-hydrogen) atoms. The zero-order chi connectivity index (χ0) is 14.2. The van der Waals surface area contributed by atoms with Gasteiger partial charge in [-0.2, -0.15) is 5.26 Å². The van der Waals surface area contributed by atoms with Crippen LogP contribution in [0.1, 0.15) is 57.4 Å². The Balaban J connectivity index is 1.74. The fourth-order valence-electron chi connectivity index (χ4n) is 3.09. The Hall–Kier alpha value is -1.49. The summed E-state index contributed by atoms with van der Waals surface area (Å²) in [7, 11) is 0. The number of unbranched alkanes of at least 4 members (excludes halogenated alkanes) is 3. The second-order valence-corrected chi connectivity index (χ2v) is 5.94. The molecule has 1 aromatic carbocycles. The minimum atomic E-state index is 0.750. The summed E-state index contributed by atoms with van der Waals surface area (Å²) in [4.78, 5) is 2.46. The molecule has 0 unspecified atom stereocenters. The van der Waals surface area contributed by atoms with Crippen LogP contribution in [0, 0.1) is 17.2 Å². The minimum Gasteiger partial charge on any atom is -0.372 e. The van der Waals surface area contributed by atoms with Crippen molar-refractivity contribution in [3.8, 4) is 6.07 Å². The molecule has 1 aromatic rings. The summed E-state index contributed by atoms with van der Waals surface area (Å²) < 4.78 is 0. The van der Waals surface area contributed by atoms with E-state index in [0.717, 1.165) is 11.5 Å². The van der Waals surface area contributed by atoms with Gasteiger partial charge in [-0.25, -0.2) is 0 Å². The van der Waals surface area contributed by atoms with Crippen LogP contribution in [0.5, 0.6) is 0 Å². The van der Waals surface area contributed by atoms with E-state index in [1.807, 2.05) is 12.1 Å². The van der Waals surface area contributed by atoms with Gasteiger partial charge in [-0.3, -0.25) is 0 Å². The molecule has 0 aliphatic carbocycles. The third-order valence-electron chi connectivity index (χ3n) is 4.44. The number of hydrogen-bond acceptors (Lipinski definition) is 2. The molecule has 0 aromatic heterocycles. The van der Waals surface area contributed by atoms with E-state index in [4.69, 9.17) is 5.26 Å². The fraction of sp³-hybridized carbons (Fsp3) is 0.611. The van der Waals surface area contributed by atoms with E-state index in [1.165, 1.54) is 63.7 Å². The number of rotatable bonds is 6. The molecule has 2 nitrogen and oxygen atoms in total. The van der Waals surface area contributed by atoms with Gasteiger partial charge in [0.15, 0.2) is 0 Å². The zero-order valence-electron chi connectivity index (χ0n) is 12.6. The van der Waals surface area contributed by atoms with Crippen molar-refractivity contribution in [3.05, 3.63) is 29.8 Å². The highest BCUT2D eigenvalue weighted by Crippen LogP contribution is 2.26. The predicted octanol–water partition coefficient (Wildman–Crippen LogP) is 4.75. The van der Waals surface area contributed by atoms with E-state index in [0.29, 0.717) is 0 Å². The van der Waals surface area contributed by atoms with Gasteiger partial charge in [0.2, 0.25) is 0 Å². The molecule has 0 radical (unpaired) electrons. The maximum atomic E-state index is 8.83. The number of hydrogen-bond donors (Lipinski definition) is 0. The Morgan fingerprint density at radius 2 is 1.80 bits per heavy atom. The van der Waals surface area contributed by atoms with Crippen molar-refractivity contribution >= 4 is 5.69 Å². The Morgan fingerprint density at radius 3 is 2.40 bits per heavy atom. The zero-order valence-corrected chi connectivity index (χ0v) is 12.6. The number of nitriles is 1.